The van der Waals surface area contributed by atoms with Gasteiger partial charge in [-0.2, -0.15) is 0 Å². The Kier molecular flexibility index (Phi) is 6.97. The summed E-state index contributed by atoms with van der Waals surface area (Å²) in [5, 5.41) is 4.00. The van der Waals surface area contributed by atoms with Gasteiger partial charge < -0.3 is 19.2 Å². The van der Waals surface area contributed by atoms with Gasteiger partial charge in [-0.1, -0.05) is 11.6 Å². The highest BCUT2D eigenvalue weighted by Crippen LogP contribution is 2.36. The number of rotatable bonds is 9. The highest BCUT2D eigenvalue weighted by molar-refractivity contribution is 6.32. The predicted octanol–water partition coefficient (Wildman–Crippen LogP) is 3.73. The number of hydrogen-bond acceptors (Lipinski definition) is 5. The third-order valence-electron chi connectivity index (χ3n) is 3.74. The number of nitrogens with one attached hydrogen (secondary N) is 1. The van der Waals surface area contributed by atoms with E-state index < -0.39 is 0 Å². The van der Waals surface area contributed by atoms with E-state index in [-0.39, 0.29) is 6.04 Å². The maximum absolute atomic E-state index is 6.29. The molecule has 1 aromatic carbocycles. The zero-order valence-corrected chi connectivity index (χ0v) is 15.4. The Morgan fingerprint density at radius 3 is 2.71 bits per heavy atom. The number of methoxy groups -OCH3 is 1. The Balaban J connectivity index is 2.03. The Morgan fingerprint density at radius 1 is 1.33 bits per heavy atom. The fourth-order valence-corrected chi connectivity index (χ4v) is 2.87. The van der Waals surface area contributed by atoms with Crippen LogP contribution < -0.4 is 14.8 Å². The molecule has 2 aromatic rings. The Labute approximate surface area is 148 Å². The maximum atomic E-state index is 6.29. The van der Waals surface area contributed by atoms with Crippen LogP contribution in [0.2, 0.25) is 5.02 Å². The van der Waals surface area contributed by atoms with Crippen molar-refractivity contribution in [1.29, 1.82) is 0 Å². The lowest BCUT2D eigenvalue weighted by Crippen LogP contribution is -2.30. The maximum Gasteiger partial charge on any atom is 0.179 e. The zero-order valence-electron chi connectivity index (χ0n) is 14.6. The van der Waals surface area contributed by atoms with Crippen LogP contribution in [0.15, 0.2) is 34.9 Å². The van der Waals surface area contributed by atoms with E-state index in [1.54, 1.807) is 13.4 Å². The van der Waals surface area contributed by atoms with Crippen LogP contribution in [0.5, 0.6) is 11.5 Å². The molecule has 1 unspecified atom stereocenters. The molecule has 1 aromatic heterocycles. The van der Waals surface area contributed by atoms with Gasteiger partial charge in [0.2, 0.25) is 0 Å². The van der Waals surface area contributed by atoms with Crippen LogP contribution in [0.1, 0.15) is 24.3 Å². The van der Waals surface area contributed by atoms with E-state index in [2.05, 4.69) is 10.2 Å². The van der Waals surface area contributed by atoms with Crippen molar-refractivity contribution in [1.82, 2.24) is 10.2 Å². The third-order valence-corrected chi connectivity index (χ3v) is 4.02. The molecule has 132 valence electrons. The van der Waals surface area contributed by atoms with Gasteiger partial charge >= 0.3 is 0 Å². The molecule has 0 fully saturated rings. The number of hydrogen-bond donors (Lipinski definition) is 1. The summed E-state index contributed by atoms with van der Waals surface area (Å²) in [5.41, 5.74) is 1.04. The molecular formula is C18H25ClN2O3. The van der Waals surface area contributed by atoms with Crippen LogP contribution >= 0.6 is 11.6 Å². The number of ether oxygens (including phenoxy) is 2. The van der Waals surface area contributed by atoms with Gasteiger partial charge in [0.05, 0.1) is 31.0 Å². The fraction of sp³-hybridized carbons (Fsp3) is 0.444. The van der Waals surface area contributed by atoms with Crippen molar-refractivity contribution in [3.63, 3.8) is 0 Å². The van der Waals surface area contributed by atoms with Crippen molar-refractivity contribution in [2.24, 2.45) is 0 Å². The molecule has 0 aliphatic rings. The Morgan fingerprint density at radius 2 is 2.12 bits per heavy atom. The van der Waals surface area contributed by atoms with Crippen molar-refractivity contribution >= 4 is 11.6 Å². The molecule has 0 saturated heterocycles. The minimum atomic E-state index is 0.167. The van der Waals surface area contributed by atoms with E-state index in [0.717, 1.165) is 17.9 Å². The number of nitrogens with zero attached hydrogens (tertiary/aromatic N) is 1. The second kappa shape index (κ2) is 8.97. The van der Waals surface area contributed by atoms with Crippen molar-refractivity contribution < 1.29 is 13.9 Å². The molecule has 0 saturated carbocycles. The molecule has 0 radical (unpaired) electrons. The van der Waals surface area contributed by atoms with E-state index in [1.807, 2.05) is 45.3 Å². The molecule has 0 amide bonds. The monoisotopic (exact) mass is 352 g/mol. The first-order valence-corrected chi connectivity index (χ1v) is 8.34. The minimum Gasteiger partial charge on any atom is -0.491 e. The average Bonchev–Trinajstić information content (AvgIpc) is 3.05. The molecule has 24 heavy (non-hydrogen) atoms. The number of furan rings is 1. The number of benzene rings is 1. The smallest absolute Gasteiger partial charge is 0.179 e. The SMILES string of the molecule is CCOc1cc(CNCC(c2ccco2)N(C)C)cc(Cl)c1OC. The summed E-state index contributed by atoms with van der Waals surface area (Å²) in [6.45, 7) is 3.93. The molecule has 2 rings (SSSR count). The molecule has 1 atom stereocenters. The topological polar surface area (TPSA) is 46.9 Å². The summed E-state index contributed by atoms with van der Waals surface area (Å²) in [6.07, 6.45) is 1.70. The van der Waals surface area contributed by atoms with E-state index in [1.165, 1.54) is 0 Å². The summed E-state index contributed by atoms with van der Waals surface area (Å²) < 4.78 is 16.4. The highest BCUT2D eigenvalue weighted by atomic mass is 35.5. The van der Waals surface area contributed by atoms with Crippen molar-refractivity contribution in [3.8, 4) is 11.5 Å². The lowest BCUT2D eigenvalue weighted by molar-refractivity contribution is 0.250. The first-order chi connectivity index (χ1) is 11.6. The third kappa shape index (κ3) is 4.66. The standard InChI is InChI=1S/C18H25ClN2O3/c1-5-23-17-10-13(9-14(19)18(17)22-4)11-20-12-15(21(2)3)16-7-6-8-24-16/h6-10,15,20H,5,11-12H2,1-4H3. The van der Waals surface area contributed by atoms with Gasteiger partial charge in [-0.15, -0.1) is 0 Å². The zero-order chi connectivity index (χ0) is 17.5. The van der Waals surface area contributed by atoms with E-state index >= 15 is 0 Å². The van der Waals surface area contributed by atoms with Crippen LogP contribution in [0.4, 0.5) is 0 Å². The molecule has 1 heterocycles. The predicted molar refractivity (Wildman–Crippen MR) is 96.0 cm³/mol. The Bertz CT molecular complexity index is 629. The minimum absolute atomic E-state index is 0.167. The van der Waals surface area contributed by atoms with Crippen LogP contribution in [-0.2, 0) is 6.54 Å². The first kappa shape index (κ1) is 18.6. The van der Waals surface area contributed by atoms with Crippen molar-refractivity contribution in [2.45, 2.75) is 19.5 Å². The summed E-state index contributed by atoms with van der Waals surface area (Å²) in [6, 6.07) is 7.92. The van der Waals surface area contributed by atoms with E-state index in [9.17, 15) is 0 Å². The lowest BCUT2D eigenvalue weighted by atomic mass is 10.1. The van der Waals surface area contributed by atoms with Crippen LogP contribution in [0.25, 0.3) is 0 Å². The molecule has 0 aliphatic carbocycles. The van der Waals surface area contributed by atoms with Gasteiger partial charge in [0.15, 0.2) is 11.5 Å². The van der Waals surface area contributed by atoms with Gasteiger partial charge in [0, 0.05) is 13.1 Å². The van der Waals surface area contributed by atoms with Crippen LogP contribution in [-0.4, -0.2) is 39.3 Å². The largest absolute Gasteiger partial charge is 0.491 e. The number of likely N-dealkylation sites (N-methyl/N-ethyl adjacent to an activating group) is 1. The fourth-order valence-electron chi connectivity index (χ4n) is 2.56. The first-order valence-electron chi connectivity index (χ1n) is 7.96. The highest BCUT2D eigenvalue weighted by Gasteiger charge is 2.17. The molecule has 0 aliphatic heterocycles. The van der Waals surface area contributed by atoms with Gasteiger partial charge in [-0.3, -0.25) is 4.90 Å². The van der Waals surface area contributed by atoms with E-state index in [4.69, 9.17) is 25.5 Å². The summed E-state index contributed by atoms with van der Waals surface area (Å²) in [5.74, 6) is 2.18. The number of halogens is 1. The van der Waals surface area contributed by atoms with E-state index in [0.29, 0.717) is 29.7 Å². The molecule has 6 heteroatoms. The lowest BCUT2D eigenvalue weighted by Gasteiger charge is -2.23. The average molecular weight is 353 g/mol. The summed E-state index contributed by atoms with van der Waals surface area (Å²) in [7, 11) is 5.66. The van der Waals surface area contributed by atoms with Crippen LogP contribution in [0, 0.1) is 0 Å². The molecule has 1 N–H and O–H groups in total. The molecule has 0 spiro atoms. The molecular weight excluding hydrogens is 328 g/mol. The summed E-state index contributed by atoms with van der Waals surface area (Å²) >= 11 is 6.29. The van der Waals surface area contributed by atoms with Gasteiger partial charge in [-0.05, 0) is 50.8 Å². The molecule has 5 nitrogen and oxygen atoms in total. The summed E-state index contributed by atoms with van der Waals surface area (Å²) in [4.78, 5) is 2.12. The van der Waals surface area contributed by atoms with Gasteiger partial charge in [0.25, 0.3) is 0 Å². The van der Waals surface area contributed by atoms with Gasteiger partial charge in [-0.25, -0.2) is 0 Å². The normalized spacial score (nSPS) is 12.4. The van der Waals surface area contributed by atoms with Gasteiger partial charge in [0.1, 0.15) is 5.76 Å². The van der Waals surface area contributed by atoms with Crippen molar-refractivity contribution in [3.05, 3.63) is 46.9 Å². The quantitative estimate of drug-likeness (QED) is 0.745. The Hall–Kier alpha value is -1.69. The second-order valence-corrected chi connectivity index (χ2v) is 6.07. The molecule has 0 bridgehead atoms. The van der Waals surface area contributed by atoms with Crippen LogP contribution in [0.3, 0.4) is 0 Å². The van der Waals surface area contributed by atoms with Crippen molar-refractivity contribution in [2.75, 3.05) is 34.4 Å². The second-order valence-electron chi connectivity index (χ2n) is 5.67.